The van der Waals surface area contributed by atoms with Crippen molar-refractivity contribution in [3.8, 4) is 0 Å². The largest absolute Gasteiger partial charge is 0.480 e. The SMILES string of the molecule is CCOC(=O)c1cnc(SC(CC)C(=O)O)[nH]1. The summed E-state index contributed by atoms with van der Waals surface area (Å²) >= 11 is 1.08. The maximum absolute atomic E-state index is 11.3. The zero-order valence-corrected chi connectivity index (χ0v) is 10.4. The maximum atomic E-state index is 11.3. The van der Waals surface area contributed by atoms with Crippen molar-refractivity contribution in [2.45, 2.75) is 30.7 Å². The standard InChI is InChI=1S/C10H14N2O4S/c1-3-7(8(13)14)17-10-11-5-6(12-10)9(15)16-4-2/h5,7H,3-4H2,1-2H3,(H,11,12)(H,13,14). The number of nitrogens with one attached hydrogen (secondary N) is 1. The van der Waals surface area contributed by atoms with Crippen LogP contribution in [0.2, 0.25) is 0 Å². The van der Waals surface area contributed by atoms with Gasteiger partial charge in [-0.15, -0.1) is 0 Å². The van der Waals surface area contributed by atoms with E-state index in [2.05, 4.69) is 9.97 Å². The van der Waals surface area contributed by atoms with Crippen molar-refractivity contribution in [1.82, 2.24) is 9.97 Å². The summed E-state index contributed by atoms with van der Waals surface area (Å²) in [6.07, 6.45) is 1.82. The van der Waals surface area contributed by atoms with Gasteiger partial charge < -0.3 is 14.8 Å². The third-order valence-electron chi connectivity index (χ3n) is 1.95. The molecule has 0 radical (unpaired) electrons. The zero-order valence-electron chi connectivity index (χ0n) is 9.60. The van der Waals surface area contributed by atoms with Gasteiger partial charge in [0.05, 0.1) is 12.8 Å². The first kappa shape index (κ1) is 13.6. The molecule has 6 nitrogen and oxygen atoms in total. The number of carbonyl (C=O) groups excluding carboxylic acids is 1. The Labute approximate surface area is 103 Å². The topological polar surface area (TPSA) is 92.3 Å². The van der Waals surface area contributed by atoms with E-state index in [1.165, 1.54) is 6.20 Å². The van der Waals surface area contributed by atoms with Crippen molar-refractivity contribution in [3.63, 3.8) is 0 Å². The predicted molar refractivity (Wildman–Crippen MR) is 62.1 cm³/mol. The first-order chi connectivity index (χ1) is 8.08. The Hall–Kier alpha value is -1.50. The summed E-state index contributed by atoms with van der Waals surface area (Å²) in [6.45, 7) is 3.77. The Morgan fingerprint density at radius 1 is 1.59 bits per heavy atom. The van der Waals surface area contributed by atoms with E-state index in [1.807, 2.05) is 0 Å². The van der Waals surface area contributed by atoms with E-state index >= 15 is 0 Å². The highest BCUT2D eigenvalue weighted by Gasteiger charge is 2.19. The molecular weight excluding hydrogens is 244 g/mol. The van der Waals surface area contributed by atoms with Crippen molar-refractivity contribution >= 4 is 23.7 Å². The molecular formula is C10H14N2O4S. The quantitative estimate of drug-likeness (QED) is 0.594. The number of carbonyl (C=O) groups is 2. The summed E-state index contributed by atoms with van der Waals surface area (Å²) < 4.78 is 4.78. The van der Waals surface area contributed by atoms with Crippen LogP contribution < -0.4 is 0 Å². The molecule has 0 fully saturated rings. The van der Waals surface area contributed by atoms with Crippen molar-refractivity contribution in [2.75, 3.05) is 6.61 Å². The molecule has 1 aromatic rings. The molecule has 0 saturated heterocycles. The van der Waals surface area contributed by atoms with Gasteiger partial charge in [0.1, 0.15) is 10.9 Å². The van der Waals surface area contributed by atoms with Gasteiger partial charge in [-0.2, -0.15) is 0 Å². The number of esters is 1. The number of aromatic nitrogens is 2. The van der Waals surface area contributed by atoms with Gasteiger partial charge >= 0.3 is 11.9 Å². The summed E-state index contributed by atoms with van der Waals surface area (Å²) in [4.78, 5) is 28.8. The van der Waals surface area contributed by atoms with Crippen LogP contribution in [0.15, 0.2) is 11.4 Å². The summed E-state index contributed by atoms with van der Waals surface area (Å²) in [5.41, 5.74) is 0.231. The van der Waals surface area contributed by atoms with Gasteiger partial charge in [-0.1, -0.05) is 18.7 Å². The van der Waals surface area contributed by atoms with E-state index in [9.17, 15) is 9.59 Å². The number of hydrogen-bond acceptors (Lipinski definition) is 5. The molecule has 0 amide bonds. The lowest BCUT2D eigenvalue weighted by atomic mass is 10.3. The number of carboxylic acid groups (broad SMARTS) is 1. The van der Waals surface area contributed by atoms with E-state index in [-0.39, 0.29) is 12.3 Å². The summed E-state index contributed by atoms with van der Waals surface area (Å²) in [5.74, 6) is -1.39. The third-order valence-corrected chi connectivity index (χ3v) is 3.20. The number of hydrogen-bond donors (Lipinski definition) is 2. The number of rotatable bonds is 6. The lowest BCUT2D eigenvalue weighted by molar-refractivity contribution is -0.136. The van der Waals surface area contributed by atoms with Crippen LogP contribution in [0.4, 0.5) is 0 Å². The van der Waals surface area contributed by atoms with Gasteiger partial charge in [0.2, 0.25) is 0 Å². The lowest BCUT2D eigenvalue weighted by Crippen LogP contribution is -2.15. The van der Waals surface area contributed by atoms with Gasteiger partial charge in [-0.25, -0.2) is 9.78 Å². The van der Waals surface area contributed by atoms with Crippen LogP contribution in [0.25, 0.3) is 0 Å². The molecule has 94 valence electrons. The molecule has 0 aliphatic heterocycles. The second-order valence-electron chi connectivity index (χ2n) is 3.18. The van der Waals surface area contributed by atoms with Crippen LogP contribution in [-0.4, -0.2) is 38.9 Å². The number of imidazole rings is 1. The van der Waals surface area contributed by atoms with Crippen LogP contribution in [-0.2, 0) is 9.53 Å². The van der Waals surface area contributed by atoms with E-state index in [1.54, 1.807) is 13.8 Å². The molecule has 0 aromatic carbocycles. The molecule has 0 aliphatic rings. The molecule has 1 aromatic heterocycles. The molecule has 1 unspecified atom stereocenters. The number of nitrogens with zero attached hydrogens (tertiary/aromatic N) is 1. The van der Waals surface area contributed by atoms with Crippen LogP contribution in [0.5, 0.6) is 0 Å². The van der Waals surface area contributed by atoms with Gasteiger partial charge in [0.15, 0.2) is 5.16 Å². The number of carboxylic acids is 1. The number of aromatic amines is 1. The second kappa shape index (κ2) is 6.29. The molecule has 2 N–H and O–H groups in total. The van der Waals surface area contributed by atoms with Gasteiger partial charge in [-0.3, -0.25) is 4.79 Å². The van der Waals surface area contributed by atoms with Crippen LogP contribution in [0.3, 0.4) is 0 Å². The Morgan fingerprint density at radius 3 is 2.82 bits per heavy atom. The molecule has 7 heteroatoms. The van der Waals surface area contributed by atoms with Crippen molar-refractivity contribution in [1.29, 1.82) is 0 Å². The van der Waals surface area contributed by atoms with E-state index in [4.69, 9.17) is 9.84 Å². The first-order valence-corrected chi connectivity index (χ1v) is 6.08. The molecule has 1 heterocycles. The van der Waals surface area contributed by atoms with E-state index in [0.717, 1.165) is 11.8 Å². The highest BCUT2D eigenvalue weighted by atomic mass is 32.2. The second-order valence-corrected chi connectivity index (χ2v) is 4.37. The minimum atomic E-state index is -0.897. The lowest BCUT2D eigenvalue weighted by Gasteiger charge is -2.05. The number of ether oxygens (including phenoxy) is 1. The Balaban J connectivity index is 2.68. The number of thioether (sulfide) groups is 1. The first-order valence-electron chi connectivity index (χ1n) is 5.20. The highest BCUT2D eigenvalue weighted by Crippen LogP contribution is 2.22. The minimum Gasteiger partial charge on any atom is -0.480 e. The van der Waals surface area contributed by atoms with Gasteiger partial charge in [0.25, 0.3) is 0 Å². The van der Waals surface area contributed by atoms with E-state index < -0.39 is 17.2 Å². The van der Waals surface area contributed by atoms with Gasteiger partial charge in [0, 0.05) is 0 Å². The summed E-state index contributed by atoms with van der Waals surface area (Å²) in [5, 5.41) is 8.71. The van der Waals surface area contributed by atoms with Crippen molar-refractivity contribution in [2.24, 2.45) is 0 Å². The van der Waals surface area contributed by atoms with Crippen LogP contribution in [0, 0.1) is 0 Å². The van der Waals surface area contributed by atoms with Crippen molar-refractivity contribution in [3.05, 3.63) is 11.9 Å². The average Bonchev–Trinajstić information content (AvgIpc) is 2.74. The fourth-order valence-corrected chi connectivity index (χ4v) is 1.94. The molecule has 1 atom stereocenters. The highest BCUT2D eigenvalue weighted by molar-refractivity contribution is 8.00. The Bertz CT molecular complexity index is 405. The van der Waals surface area contributed by atoms with Crippen LogP contribution >= 0.6 is 11.8 Å². The molecule has 0 saturated carbocycles. The van der Waals surface area contributed by atoms with Crippen LogP contribution in [0.1, 0.15) is 30.8 Å². The monoisotopic (exact) mass is 258 g/mol. The fourth-order valence-electron chi connectivity index (χ4n) is 1.12. The smallest absolute Gasteiger partial charge is 0.356 e. The normalized spacial score (nSPS) is 12.1. The van der Waals surface area contributed by atoms with E-state index in [0.29, 0.717) is 11.6 Å². The number of H-pyrrole nitrogens is 1. The summed E-state index contributed by atoms with van der Waals surface area (Å²) in [7, 11) is 0. The Morgan fingerprint density at radius 2 is 2.29 bits per heavy atom. The molecule has 1 rings (SSSR count). The predicted octanol–water partition coefficient (Wildman–Crippen LogP) is 1.54. The Kier molecular flexibility index (Phi) is 5.02. The number of aliphatic carboxylic acids is 1. The molecule has 17 heavy (non-hydrogen) atoms. The molecule has 0 spiro atoms. The molecule has 0 aliphatic carbocycles. The fraction of sp³-hybridized carbons (Fsp3) is 0.500. The maximum Gasteiger partial charge on any atom is 0.356 e. The summed E-state index contributed by atoms with van der Waals surface area (Å²) in [6, 6.07) is 0. The van der Waals surface area contributed by atoms with Crippen molar-refractivity contribution < 1.29 is 19.4 Å². The van der Waals surface area contributed by atoms with Gasteiger partial charge in [-0.05, 0) is 13.3 Å². The molecule has 0 bridgehead atoms. The minimum absolute atomic E-state index is 0.231. The zero-order chi connectivity index (χ0) is 12.8. The average molecular weight is 258 g/mol. The third kappa shape index (κ3) is 3.77.